The summed E-state index contributed by atoms with van der Waals surface area (Å²) in [4.78, 5) is 0. The van der Waals surface area contributed by atoms with Crippen LogP contribution in [0.4, 0.5) is 34.1 Å². The molecule has 0 aliphatic carbocycles. The molecule has 0 aromatic heterocycles. The Balaban J connectivity index is 2.53. The Hall–Kier alpha value is -2.76. The summed E-state index contributed by atoms with van der Waals surface area (Å²) < 4.78 is 0. The minimum atomic E-state index is 0.242. The molecule has 0 amide bonds. The smallest absolute Gasteiger partial charge is 0.116 e. The number of anilines is 4. The third-order valence-corrected chi connectivity index (χ3v) is 3.26. The molecule has 104 valence electrons. The second kappa shape index (κ2) is 5.08. The molecule has 0 saturated heterocycles. The highest BCUT2D eigenvalue weighted by Gasteiger charge is 2.14. The van der Waals surface area contributed by atoms with Gasteiger partial charge in [0.15, 0.2) is 0 Å². The average Bonchev–Trinajstić information content (AvgIpc) is 2.45. The molecule has 8 N–H and O–H groups in total. The maximum atomic E-state index is 5.94. The number of nitrogens with two attached hydrogens (primary N) is 4. The Bertz CT molecular complexity index is 661. The van der Waals surface area contributed by atoms with Crippen molar-refractivity contribution in [2.75, 3.05) is 22.9 Å². The Morgan fingerprint density at radius 1 is 0.750 bits per heavy atom. The van der Waals surface area contributed by atoms with Crippen LogP contribution in [0, 0.1) is 13.8 Å². The van der Waals surface area contributed by atoms with E-state index in [1.807, 2.05) is 31.2 Å². The van der Waals surface area contributed by atoms with E-state index in [-0.39, 0.29) is 11.4 Å². The molecule has 6 nitrogen and oxygen atoms in total. The summed E-state index contributed by atoms with van der Waals surface area (Å²) in [6.07, 6.45) is 0. The number of benzene rings is 2. The maximum absolute atomic E-state index is 5.94. The van der Waals surface area contributed by atoms with Crippen LogP contribution in [0.3, 0.4) is 0 Å². The summed E-state index contributed by atoms with van der Waals surface area (Å²) in [5.74, 6) is 0. The highest BCUT2D eigenvalue weighted by molar-refractivity contribution is 5.95. The number of aryl methyl sites for hydroxylation is 1. The predicted octanol–water partition coefficient (Wildman–Crippen LogP) is 3.05. The lowest BCUT2D eigenvalue weighted by Gasteiger charge is -2.13. The van der Waals surface area contributed by atoms with E-state index in [9.17, 15) is 0 Å². The molecule has 0 spiro atoms. The first kappa shape index (κ1) is 13.7. The summed E-state index contributed by atoms with van der Waals surface area (Å²) in [6.45, 7) is 3.74. The van der Waals surface area contributed by atoms with Crippen molar-refractivity contribution in [2.24, 2.45) is 10.2 Å². The van der Waals surface area contributed by atoms with E-state index in [4.69, 9.17) is 22.9 Å². The van der Waals surface area contributed by atoms with Gasteiger partial charge in [0.25, 0.3) is 0 Å². The lowest BCUT2D eigenvalue weighted by Crippen LogP contribution is -2.06. The van der Waals surface area contributed by atoms with Crippen molar-refractivity contribution in [3.8, 4) is 0 Å². The summed E-state index contributed by atoms with van der Waals surface area (Å²) in [5, 5.41) is 8.39. The van der Waals surface area contributed by atoms with Gasteiger partial charge in [-0.1, -0.05) is 18.2 Å². The van der Waals surface area contributed by atoms with E-state index in [1.165, 1.54) is 0 Å². The van der Waals surface area contributed by atoms with Gasteiger partial charge < -0.3 is 22.9 Å². The van der Waals surface area contributed by atoms with Gasteiger partial charge in [-0.25, -0.2) is 0 Å². The summed E-state index contributed by atoms with van der Waals surface area (Å²) in [6, 6.07) is 7.65. The monoisotopic (exact) mass is 270 g/mol. The number of rotatable bonds is 2. The van der Waals surface area contributed by atoms with Gasteiger partial charge in [-0.2, -0.15) is 5.11 Å². The molecule has 0 aliphatic heterocycles. The fourth-order valence-corrected chi connectivity index (χ4v) is 1.86. The fraction of sp³-hybridized carbons (Fsp3) is 0.143. The quantitative estimate of drug-likeness (QED) is 0.493. The maximum Gasteiger partial charge on any atom is 0.116 e. The normalized spacial score (nSPS) is 11.1. The number of hydrogen-bond acceptors (Lipinski definition) is 6. The van der Waals surface area contributed by atoms with E-state index in [1.54, 1.807) is 6.92 Å². The van der Waals surface area contributed by atoms with E-state index in [2.05, 4.69) is 10.2 Å². The van der Waals surface area contributed by atoms with E-state index in [0.29, 0.717) is 22.6 Å². The van der Waals surface area contributed by atoms with Gasteiger partial charge in [0.1, 0.15) is 5.69 Å². The highest BCUT2D eigenvalue weighted by Crippen LogP contribution is 2.41. The van der Waals surface area contributed by atoms with Crippen LogP contribution in [0.2, 0.25) is 0 Å². The lowest BCUT2D eigenvalue weighted by atomic mass is 10.1. The Kier molecular flexibility index (Phi) is 3.47. The molecular formula is C14H18N6. The first-order chi connectivity index (χ1) is 9.43. The molecule has 2 aromatic rings. The largest absolute Gasteiger partial charge is 0.397 e. The minimum Gasteiger partial charge on any atom is -0.397 e. The average molecular weight is 270 g/mol. The van der Waals surface area contributed by atoms with Crippen molar-refractivity contribution in [3.63, 3.8) is 0 Å². The number of nitrogens with zero attached hydrogens (tertiary/aromatic N) is 2. The predicted molar refractivity (Wildman–Crippen MR) is 84.2 cm³/mol. The van der Waals surface area contributed by atoms with Crippen LogP contribution in [0.15, 0.2) is 34.5 Å². The molecule has 20 heavy (non-hydrogen) atoms. The van der Waals surface area contributed by atoms with Crippen molar-refractivity contribution in [3.05, 3.63) is 35.4 Å². The fourth-order valence-electron chi connectivity index (χ4n) is 1.86. The van der Waals surface area contributed by atoms with Gasteiger partial charge in [-0.05, 0) is 25.5 Å². The third-order valence-electron chi connectivity index (χ3n) is 3.26. The van der Waals surface area contributed by atoms with Crippen molar-refractivity contribution < 1.29 is 0 Å². The van der Waals surface area contributed by atoms with Crippen LogP contribution in [0.25, 0.3) is 0 Å². The highest BCUT2D eigenvalue weighted by atomic mass is 15.1. The van der Waals surface area contributed by atoms with Crippen LogP contribution in [0.1, 0.15) is 11.1 Å². The topological polar surface area (TPSA) is 129 Å². The van der Waals surface area contributed by atoms with E-state index in [0.717, 1.165) is 11.3 Å². The number of hydrogen-bond donors (Lipinski definition) is 4. The first-order valence-electron chi connectivity index (χ1n) is 6.13. The van der Waals surface area contributed by atoms with Crippen LogP contribution >= 0.6 is 0 Å². The standard InChI is InChI=1S/C14H18N6/c1-7-5-3-4-6-9(7)19-20-14-8(2)10(15)11(16)12(17)13(14)18/h3-6H,15-18H2,1-2H3. The van der Waals surface area contributed by atoms with Gasteiger partial charge >= 0.3 is 0 Å². The number of nitrogen functional groups attached to an aromatic ring is 4. The molecule has 6 heteroatoms. The molecule has 2 aromatic carbocycles. The summed E-state index contributed by atoms with van der Waals surface area (Å²) in [7, 11) is 0. The summed E-state index contributed by atoms with van der Waals surface area (Å²) in [5.41, 5.74) is 27.6. The zero-order chi connectivity index (χ0) is 14.9. The SMILES string of the molecule is Cc1ccccc1N=Nc1c(C)c(N)c(N)c(N)c1N. The van der Waals surface area contributed by atoms with Gasteiger partial charge in [-0.3, -0.25) is 0 Å². The van der Waals surface area contributed by atoms with Crippen molar-refractivity contribution in [2.45, 2.75) is 13.8 Å². The summed E-state index contributed by atoms with van der Waals surface area (Å²) >= 11 is 0. The van der Waals surface area contributed by atoms with E-state index >= 15 is 0 Å². The Morgan fingerprint density at radius 3 is 2.00 bits per heavy atom. The van der Waals surface area contributed by atoms with Gasteiger partial charge in [-0.15, -0.1) is 5.11 Å². The van der Waals surface area contributed by atoms with Crippen molar-refractivity contribution in [1.82, 2.24) is 0 Å². The zero-order valence-electron chi connectivity index (χ0n) is 11.5. The molecule has 0 fully saturated rings. The molecule has 0 unspecified atom stereocenters. The molecule has 0 saturated carbocycles. The second-order valence-electron chi connectivity index (χ2n) is 4.61. The van der Waals surface area contributed by atoms with Crippen LogP contribution in [-0.4, -0.2) is 0 Å². The Morgan fingerprint density at radius 2 is 1.35 bits per heavy atom. The molecule has 0 bridgehead atoms. The lowest BCUT2D eigenvalue weighted by molar-refractivity contribution is 1.20. The van der Waals surface area contributed by atoms with Crippen LogP contribution in [-0.2, 0) is 0 Å². The molecule has 0 aliphatic rings. The second-order valence-corrected chi connectivity index (χ2v) is 4.61. The van der Waals surface area contributed by atoms with Crippen molar-refractivity contribution >= 4 is 34.1 Å². The van der Waals surface area contributed by atoms with Crippen LogP contribution < -0.4 is 22.9 Å². The van der Waals surface area contributed by atoms with Gasteiger partial charge in [0.2, 0.25) is 0 Å². The Labute approximate surface area is 117 Å². The third kappa shape index (κ3) is 2.23. The van der Waals surface area contributed by atoms with Gasteiger partial charge in [0.05, 0.1) is 28.4 Å². The first-order valence-corrected chi connectivity index (χ1v) is 6.13. The molecule has 0 atom stereocenters. The van der Waals surface area contributed by atoms with Crippen molar-refractivity contribution in [1.29, 1.82) is 0 Å². The molecular weight excluding hydrogens is 252 g/mol. The molecule has 2 rings (SSSR count). The zero-order valence-corrected chi connectivity index (χ0v) is 11.5. The number of azo groups is 1. The van der Waals surface area contributed by atoms with Crippen LogP contribution in [0.5, 0.6) is 0 Å². The van der Waals surface area contributed by atoms with Gasteiger partial charge in [0, 0.05) is 5.56 Å². The minimum absolute atomic E-state index is 0.242. The molecule has 0 radical (unpaired) electrons. The molecule has 0 heterocycles. The van der Waals surface area contributed by atoms with E-state index < -0.39 is 0 Å².